The van der Waals surface area contributed by atoms with Crippen LogP contribution < -0.4 is 0 Å². The number of hydrogen-bond acceptors (Lipinski definition) is 4. The Balaban J connectivity index is 3.47. The van der Waals surface area contributed by atoms with Crippen molar-refractivity contribution >= 4 is 21.7 Å². The minimum atomic E-state index is -2.91. The Morgan fingerprint density at radius 3 is 2.67 bits per heavy atom. The van der Waals surface area contributed by atoms with E-state index < -0.39 is 28.4 Å². The van der Waals surface area contributed by atoms with E-state index in [2.05, 4.69) is 20.9 Å². The van der Waals surface area contributed by atoms with E-state index in [1.165, 1.54) is 6.07 Å². The lowest BCUT2D eigenvalue weighted by molar-refractivity contribution is -0.389. The number of nitriles is 1. The van der Waals surface area contributed by atoms with Crippen LogP contribution >= 0.6 is 15.9 Å². The van der Waals surface area contributed by atoms with E-state index in [-0.39, 0.29) is 4.47 Å². The first-order valence-electron chi connectivity index (χ1n) is 3.50. The number of halogens is 3. The molecule has 78 valence electrons. The molecule has 1 aromatic heterocycles. The smallest absolute Gasteiger partial charge is 0.358 e. The van der Waals surface area contributed by atoms with E-state index in [1.807, 2.05) is 0 Å². The molecule has 8 heteroatoms. The molecule has 0 spiro atoms. The standard InChI is InChI=1S/C7H2BrF2N3O2/c8-6-3(7(9)10)1-5(13(14)15)12-4(6)2-11/h1,7H. The Morgan fingerprint density at radius 2 is 2.27 bits per heavy atom. The molecule has 0 amide bonds. The van der Waals surface area contributed by atoms with Gasteiger partial charge < -0.3 is 10.1 Å². The van der Waals surface area contributed by atoms with Crippen LogP contribution in [0.5, 0.6) is 0 Å². The summed E-state index contributed by atoms with van der Waals surface area (Å²) in [5, 5.41) is 18.8. The number of rotatable bonds is 2. The van der Waals surface area contributed by atoms with Crippen molar-refractivity contribution in [3.05, 3.63) is 31.9 Å². The second-order valence-electron chi connectivity index (χ2n) is 2.40. The maximum Gasteiger partial charge on any atom is 0.365 e. The monoisotopic (exact) mass is 277 g/mol. The molecule has 1 heterocycles. The Hall–Kier alpha value is -1.62. The van der Waals surface area contributed by atoms with Crippen LogP contribution in [-0.2, 0) is 0 Å². The second-order valence-corrected chi connectivity index (χ2v) is 3.19. The molecule has 0 saturated heterocycles. The van der Waals surface area contributed by atoms with Gasteiger partial charge in [0.2, 0.25) is 0 Å². The Kier molecular flexibility index (Phi) is 3.26. The summed E-state index contributed by atoms with van der Waals surface area (Å²) in [5.41, 5.74) is -1.05. The molecule has 0 aliphatic heterocycles. The highest BCUT2D eigenvalue weighted by Gasteiger charge is 2.23. The fourth-order valence-corrected chi connectivity index (χ4v) is 1.33. The van der Waals surface area contributed by atoms with Crippen molar-refractivity contribution in [3.8, 4) is 6.07 Å². The number of aromatic nitrogens is 1. The van der Waals surface area contributed by atoms with Gasteiger partial charge in [-0.3, -0.25) is 0 Å². The number of nitro groups is 1. The predicted octanol–water partition coefficient (Wildman–Crippen LogP) is 2.56. The first-order valence-corrected chi connectivity index (χ1v) is 4.29. The van der Waals surface area contributed by atoms with E-state index in [9.17, 15) is 18.9 Å². The molecule has 1 aromatic rings. The van der Waals surface area contributed by atoms with Gasteiger partial charge in [-0.15, -0.1) is 0 Å². The molecule has 0 aliphatic rings. The Labute approximate surface area is 90.6 Å². The average Bonchev–Trinajstić information content (AvgIpc) is 2.17. The van der Waals surface area contributed by atoms with Crippen molar-refractivity contribution in [2.75, 3.05) is 0 Å². The van der Waals surface area contributed by atoms with Gasteiger partial charge in [0, 0.05) is 11.6 Å². The minimum Gasteiger partial charge on any atom is -0.358 e. The lowest BCUT2D eigenvalue weighted by atomic mass is 10.2. The second kappa shape index (κ2) is 4.27. The molecule has 0 aromatic carbocycles. The average molecular weight is 278 g/mol. The van der Waals surface area contributed by atoms with Crippen LogP contribution in [0.4, 0.5) is 14.6 Å². The van der Waals surface area contributed by atoms with Crippen molar-refractivity contribution in [2.24, 2.45) is 0 Å². The Morgan fingerprint density at radius 1 is 1.67 bits per heavy atom. The SMILES string of the molecule is N#Cc1nc([N+](=O)[O-])cc(C(F)F)c1Br. The number of alkyl halides is 2. The molecule has 0 fully saturated rings. The van der Waals surface area contributed by atoms with Crippen LogP contribution in [-0.4, -0.2) is 9.91 Å². The van der Waals surface area contributed by atoms with Gasteiger partial charge in [0.15, 0.2) is 0 Å². The molecule has 0 saturated carbocycles. The number of hydrogen-bond donors (Lipinski definition) is 0. The third kappa shape index (κ3) is 2.24. The summed E-state index contributed by atoms with van der Waals surface area (Å²) >= 11 is 2.74. The molecular formula is C7H2BrF2N3O2. The topological polar surface area (TPSA) is 79.8 Å². The van der Waals surface area contributed by atoms with E-state index in [0.717, 1.165) is 0 Å². The first kappa shape index (κ1) is 11.5. The largest absolute Gasteiger partial charge is 0.365 e. The van der Waals surface area contributed by atoms with Crippen molar-refractivity contribution in [1.29, 1.82) is 5.26 Å². The number of pyridine rings is 1. The van der Waals surface area contributed by atoms with E-state index in [4.69, 9.17) is 5.26 Å². The van der Waals surface area contributed by atoms with Gasteiger partial charge in [0.1, 0.15) is 6.07 Å². The van der Waals surface area contributed by atoms with Crippen LogP contribution in [0.15, 0.2) is 10.5 Å². The summed E-state index contributed by atoms with van der Waals surface area (Å²) < 4.78 is 24.6. The quantitative estimate of drug-likeness (QED) is 0.615. The lowest BCUT2D eigenvalue weighted by Gasteiger charge is -2.02. The Bertz CT molecular complexity index is 458. The van der Waals surface area contributed by atoms with Crippen molar-refractivity contribution in [3.63, 3.8) is 0 Å². The van der Waals surface area contributed by atoms with Crippen molar-refractivity contribution < 1.29 is 13.7 Å². The van der Waals surface area contributed by atoms with Gasteiger partial charge in [-0.1, -0.05) is 0 Å². The fraction of sp³-hybridized carbons (Fsp3) is 0.143. The van der Waals surface area contributed by atoms with Crippen LogP contribution in [0.25, 0.3) is 0 Å². The van der Waals surface area contributed by atoms with Gasteiger partial charge in [-0.25, -0.2) is 8.78 Å². The van der Waals surface area contributed by atoms with E-state index >= 15 is 0 Å². The summed E-state index contributed by atoms with van der Waals surface area (Å²) in [5.74, 6) is -0.773. The number of nitrogens with zero attached hydrogens (tertiary/aromatic N) is 3. The van der Waals surface area contributed by atoms with Gasteiger partial charge in [-0.05, 0) is 25.8 Å². The molecule has 0 aliphatic carbocycles. The molecule has 15 heavy (non-hydrogen) atoms. The maximum absolute atomic E-state index is 12.4. The normalized spacial score (nSPS) is 10.1. The summed E-state index contributed by atoms with van der Waals surface area (Å²) in [6.45, 7) is 0. The van der Waals surface area contributed by atoms with Crippen LogP contribution in [0.2, 0.25) is 0 Å². The minimum absolute atomic E-state index is 0.217. The molecule has 0 radical (unpaired) electrons. The fourth-order valence-electron chi connectivity index (χ4n) is 0.861. The summed E-state index contributed by atoms with van der Waals surface area (Å²) in [4.78, 5) is 12.7. The highest BCUT2D eigenvalue weighted by atomic mass is 79.9. The summed E-state index contributed by atoms with van der Waals surface area (Å²) in [7, 11) is 0. The van der Waals surface area contributed by atoms with Gasteiger partial charge >= 0.3 is 5.82 Å². The molecule has 1 rings (SSSR count). The lowest BCUT2D eigenvalue weighted by Crippen LogP contribution is -1.99. The van der Waals surface area contributed by atoms with Gasteiger partial charge in [0.25, 0.3) is 12.1 Å². The summed E-state index contributed by atoms with van der Waals surface area (Å²) in [6.07, 6.45) is -2.91. The van der Waals surface area contributed by atoms with Crippen molar-refractivity contribution in [2.45, 2.75) is 6.43 Å². The highest BCUT2D eigenvalue weighted by Crippen LogP contribution is 2.31. The molecule has 5 nitrogen and oxygen atoms in total. The van der Waals surface area contributed by atoms with Crippen molar-refractivity contribution in [1.82, 2.24) is 4.98 Å². The molecule has 0 N–H and O–H groups in total. The highest BCUT2D eigenvalue weighted by molar-refractivity contribution is 9.10. The first-order chi connectivity index (χ1) is 6.97. The van der Waals surface area contributed by atoms with E-state index in [1.54, 1.807) is 0 Å². The maximum atomic E-state index is 12.4. The molecule has 0 bridgehead atoms. The van der Waals surface area contributed by atoms with Gasteiger partial charge in [-0.2, -0.15) is 5.26 Å². The van der Waals surface area contributed by atoms with E-state index in [0.29, 0.717) is 6.07 Å². The van der Waals surface area contributed by atoms with Crippen LogP contribution in [0.1, 0.15) is 17.7 Å². The van der Waals surface area contributed by atoms with Crippen LogP contribution in [0, 0.1) is 21.4 Å². The zero-order valence-corrected chi connectivity index (χ0v) is 8.53. The predicted molar refractivity (Wildman–Crippen MR) is 48.3 cm³/mol. The third-order valence-corrected chi connectivity index (χ3v) is 2.33. The third-order valence-electron chi connectivity index (χ3n) is 1.50. The van der Waals surface area contributed by atoms with Crippen LogP contribution in [0.3, 0.4) is 0 Å². The molecular weight excluding hydrogens is 276 g/mol. The zero-order valence-electron chi connectivity index (χ0n) is 6.95. The zero-order chi connectivity index (χ0) is 11.6. The molecule has 0 atom stereocenters. The molecule has 0 unspecified atom stereocenters. The van der Waals surface area contributed by atoms with Gasteiger partial charge in [0.05, 0.1) is 4.47 Å². The summed E-state index contributed by atoms with van der Waals surface area (Å²) in [6, 6.07) is 2.12.